The maximum Gasteiger partial charge on any atom is 0.261 e. The van der Waals surface area contributed by atoms with Gasteiger partial charge in [-0.05, 0) is 17.7 Å². The number of ether oxygens (including phenoxy) is 1. The van der Waals surface area contributed by atoms with Crippen LogP contribution in [0.15, 0.2) is 24.3 Å². The molecule has 0 saturated carbocycles. The molecule has 0 radical (unpaired) electrons. The third kappa shape index (κ3) is 5.95. The first kappa shape index (κ1) is 13.6. The van der Waals surface area contributed by atoms with Gasteiger partial charge in [0.25, 0.3) is 6.43 Å². The minimum atomic E-state index is -2.41. The van der Waals surface area contributed by atoms with Gasteiger partial charge in [-0.3, -0.25) is 0 Å². The molecule has 1 aromatic rings. The fourth-order valence-corrected chi connectivity index (χ4v) is 1.30. The van der Waals surface area contributed by atoms with Crippen LogP contribution in [0.4, 0.5) is 8.78 Å². The molecule has 0 aliphatic heterocycles. The first-order chi connectivity index (χ1) is 8.22. The highest BCUT2D eigenvalue weighted by atomic mass is 19.3. The van der Waals surface area contributed by atoms with Gasteiger partial charge in [-0.15, -0.1) is 0 Å². The van der Waals surface area contributed by atoms with Crippen molar-refractivity contribution < 1.29 is 13.5 Å². The first-order valence-electron chi connectivity index (χ1n) is 5.28. The Morgan fingerprint density at radius 2 is 2.24 bits per heavy atom. The standard InChI is InChI=1S/C12H14F2N2O/c13-12(14)9-17-5-4-16-8-11-3-1-2-10(6-11)7-15/h1-3,6,12,16H,4-5,8-9H2. The molecule has 0 fully saturated rings. The average Bonchev–Trinajstić information content (AvgIpc) is 2.33. The van der Waals surface area contributed by atoms with Crippen molar-refractivity contribution >= 4 is 0 Å². The Balaban J connectivity index is 2.16. The third-order valence-electron chi connectivity index (χ3n) is 2.05. The minimum Gasteiger partial charge on any atom is -0.374 e. The van der Waals surface area contributed by atoms with E-state index in [1.54, 1.807) is 12.1 Å². The number of hydrogen-bond donors (Lipinski definition) is 1. The largest absolute Gasteiger partial charge is 0.374 e. The van der Waals surface area contributed by atoms with Crippen molar-refractivity contribution in [3.8, 4) is 6.07 Å². The Hall–Kier alpha value is -1.51. The van der Waals surface area contributed by atoms with Crippen LogP contribution in [0.3, 0.4) is 0 Å². The summed E-state index contributed by atoms with van der Waals surface area (Å²) in [6.45, 7) is 0.824. The van der Waals surface area contributed by atoms with E-state index in [9.17, 15) is 8.78 Å². The molecular weight excluding hydrogens is 226 g/mol. The number of benzene rings is 1. The minimum absolute atomic E-state index is 0.252. The van der Waals surface area contributed by atoms with E-state index in [1.807, 2.05) is 12.1 Å². The summed E-state index contributed by atoms with van der Waals surface area (Å²) in [7, 11) is 0. The summed E-state index contributed by atoms with van der Waals surface area (Å²) in [6.07, 6.45) is -2.41. The lowest BCUT2D eigenvalue weighted by Crippen LogP contribution is -2.20. The normalized spacial score (nSPS) is 10.5. The van der Waals surface area contributed by atoms with E-state index in [2.05, 4.69) is 11.4 Å². The van der Waals surface area contributed by atoms with E-state index in [4.69, 9.17) is 10.00 Å². The SMILES string of the molecule is N#Cc1cccc(CNCCOCC(F)F)c1. The van der Waals surface area contributed by atoms with Gasteiger partial charge in [0.2, 0.25) is 0 Å². The first-order valence-corrected chi connectivity index (χ1v) is 5.28. The van der Waals surface area contributed by atoms with Crippen LogP contribution in [0.25, 0.3) is 0 Å². The van der Waals surface area contributed by atoms with Gasteiger partial charge in [-0.1, -0.05) is 12.1 Å². The Kier molecular flexibility index (Phi) is 6.15. The fraction of sp³-hybridized carbons (Fsp3) is 0.417. The smallest absolute Gasteiger partial charge is 0.261 e. The van der Waals surface area contributed by atoms with Crippen LogP contribution in [0, 0.1) is 11.3 Å². The molecule has 1 rings (SSSR count). The van der Waals surface area contributed by atoms with Gasteiger partial charge in [0.15, 0.2) is 0 Å². The predicted molar refractivity (Wildman–Crippen MR) is 59.7 cm³/mol. The average molecular weight is 240 g/mol. The van der Waals surface area contributed by atoms with Crippen molar-refractivity contribution in [3.63, 3.8) is 0 Å². The van der Waals surface area contributed by atoms with Crippen LogP contribution in [-0.4, -0.2) is 26.2 Å². The molecule has 1 N–H and O–H groups in total. The number of rotatable bonds is 7. The summed E-state index contributed by atoms with van der Waals surface area (Å²) >= 11 is 0. The maximum absolute atomic E-state index is 11.7. The topological polar surface area (TPSA) is 45.0 Å². The molecule has 0 saturated heterocycles. The van der Waals surface area contributed by atoms with Crippen molar-refractivity contribution in [3.05, 3.63) is 35.4 Å². The zero-order valence-corrected chi connectivity index (χ0v) is 9.33. The van der Waals surface area contributed by atoms with Gasteiger partial charge in [-0.2, -0.15) is 5.26 Å². The Labute approximate surface area is 99.0 Å². The highest BCUT2D eigenvalue weighted by Crippen LogP contribution is 2.03. The van der Waals surface area contributed by atoms with Crippen molar-refractivity contribution in [1.29, 1.82) is 5.26 Å². The lowest BCUT2D eigenvalue weighted by atomic mass is 10.1. The molecule has 0 unspecified atom stereocenters. The van der Waals surface area contributed by atoms with Crippen LogP contribution < -0.4 is 5.32 Å². The molecule has 0 spiro atoms. The molecule has 0 amide bonds. The molecule has 17 heavy (non-hydrogen) atoms. The second-order valence-corrected chi connectivity index (χ2v) is 3.45. The number of nitrogens with zero attached hydrogens (tertiary/aromatic N) is 1. The monoisotopic (exact) mass is 240 g/mol. The summed E-state index contributed by atoms with van der Waals surface area (Å²) in [5.74, 6) is 0. The van der Waals surface area contributed by atoms with Crippen LogP contribution >= 0.6 is 0 Å². The Morgan fingerprint density at radius 3 is 2.94 bits per heavy atom. The Morgan fingerprint density at radius 1 is 1.41 bits per heavy atom. The summed E-state index contributed by atoms with van der Waals surface area (Å²) in [5, 5.41) is 11.7. The third-order valence-corrected chi connectivity index (χ3v) is 2.05. The van der Waals surface area contributed by atoms with Gasteiger partial charge < -0.3 is 10.1 Å². The molecule has 0 aliphatic rings. The molecule has 0 bridgehead atoms. The van der Waals surface area contributed by atoms with Crippen LogP contribution in [0.2, 0.25) is 0 Å². The lowest BCUT2D eigenvalue weighted by Gasteiger charge is -2.06. The van der Waals surface area contributed by atoms with Crippen molar-refractivity contribution in [2.75, 3.05) is 19.8 Å². The molecule has 0 aliphatic carbocycles. The Bertz CT molecular complexity index is 377. The van der Waals surface area contributed by atoms with E-state index in [-0.39, 0.29) is 6.61 Å². The summed E-state index contributed by atoms with van der Waals surface area (Å²) in [5.41, 5.74) is 1.59. The van der Waals surface area contributed by atoms with E-state index < -0.39 is 13.0 Å². The second kappa shape index (κ2) is 7.71. The summed E-state index contributed by atoms with van der Waals surface area (Å²) in [6, 6.07) is 9.28. The molecule has 92 valence electrons. The number of nitriles is 1. The van der Waals surface area contributed by atoms with E-state index in [0.717, 1.165) is 5.56 Å². The van der Waals surface area contributed by atoms with Crippen LogP contribution in [-0.2, 0) is 11.3 Å². The van der Waals surface area contributed by atoms with E-state index in [1.165, 1.54) is 0 Å². The molecule has 1 aromatic carbocycles. The zero-order valence-electron chi connectivity index (χ0n) is 9.33. The van der Waals surface area contributed by atoms with Crippen molar-refractivity contribution in [1.82, 2.24) is 5.32 Å². The number of alkyl halides is 2. The molecular formula is C12H14F2N2O. The summed E-state index contributed by atoms with van der Waals surface area (Å²) < 4.78 is 28.1. The van der Waals surface area contributed by atoms with Gasteiger partial charge >= 0.3 is 0 Å². The molecule has 5 heteroatoms. The maximum atomic E-state index is 11.7. The van der Waals surface area contributed by atoms with Gasteiger partial charge in [-0.25, -0.2) is 8.78 Å². The van der Waals surface area contributed by atoms with Crippen molar-refractivity contribution in [2.45, 2.75) is 13.0 Å². The molecule has 3 nitrogen and oxygen atoms in total. The van der Waals surface area contributed by atoms with Crippen LogP contribution in [0.5, 0.6) is 0 Å². The van der Waals surface area contributed by atoms with Gasteiger partial charge in [0.1, 0.15) is 6.61 Å². The van der Waals surface area contributed by atoms with Crippen molar-refractivity contribution in [2.24, 2.45) is 0 Å². The van der Waals surface area contributed by atoms with Gasteiger partial charge in [0.05, 0.1) is 18.2 Å². The number of nitrogens with one attached hydrogen (secondary N) is 1. The van der Waals surface area contributed by atoms with Gasteiger partial charge in [0, 0.05) is 13.1 Å². The van der Waals surface area contributed by atoms with E-state index >= 15 is 0 Å². The quantitative estimate of drug-likeness (QED) is 0.741. The summed E-state index contributed by atoms with van der Waals surface area (Å²) in [4.78, 5) is 0. The molecule has 0 heterocycles. The number of hydrogen-bond acceptors (Lipinski definition) is 3. The molecule has 0 aromatic heterocycles. The fourth-order valence-electron chi connectivity index (χ4n) is 1.30. The number of halogens is 2. The molecule has 0 atom stereocenters. The second-order valence-electron chi connectivity index (χ2n) is 3.45. The van der Waals surface area contributed by atoms with Crippen LogP contribution in [0.1, 0.15) is 11.1 Å². The predicted octanol–water partition coefficient (Wildman–Crippen LogP) is 1.93. The highest BCUT2D eigenvalue weighted by Gasteiger charge is 2.00. The highest BCUT2D eigenvalue weighted by molar-refractivity contribution is 5.32. The zero-order chi connectivity index (χ0) is 12.5. The lowest BCUT2D eigenvalue weighted by molar-refractivity contribution is 0.0187. The van der Waals surface area contributed by atoms with E-state index in [0.29, 0.717) is 18.7 Å².